The second kappa shape index (κ2) is 10.5. The summed E-state index contributed by atoms with van der Waals surface area (Å²) in [4.78, 5) is 35.5. The molecule has 0 aliphatic carbocycles. The molecule has 1 aliphatic heterocycles. The Hall–Kier alpha value is -4.25. The van der Waals surface area contributed by atoms with E-state index in [0.29, 0.717) is 5.92 Å². The minimum atomic E-state index is -4.53. The van der Waals surface area contributed by atoms with Gasteiger partial charge in [0.05, 0.1) is 10.9 Å². The highest BCUT2D eigenvalue weighted by molar-refractivity contribution is 5.92. The SMILES string of the molecule is CCN1CCC(c2ccc(Nc3ncc4c(=O)c(C(=O)O)cn(-c5ccc(C(F)(F)F)cc5)c4n3)cc2)CC1. The summed E-state index contributed by atoms with van der Waals surface area (Å²) < 4.78 is 40.5. The van der Waals surface area contributed by atoms with E-state index in [1.54, 1.807) is 0 Å². The summed E-state index contributed by atoms with van der Waals surface area (Å²) in [5, 5.41) is 12.5. The number of anilines is 2. The summed E-state index contributed by atoms with van der Waals surface area (Å²) in [5.74, 6) is -0.819. The molecular formula is C28H26F3N5O3. The number of hydrogen-bond donors (Lipinski definition) is 2. The van der Waals surface area contributed by atoms with Crippen LogP contribution in [0.3, 0.4) is 0 Å². The van der Waals surface area contributed by atoms with E-state index < -0.39 is 28.7 Å². The molecule has 0 unspecified atom stereocenters. The van der Waals surface area contributed by atoms with Gasteiger partial charge in [-0.15, -0.1) is 0 Å². The number of likely N-dealkylation sites (tertiary alicyclic amines) is 1. The molecule has 0 radical (unpaired) electrons. The Labute approximate surface area is 221 Å². The second-order valence-corrected chi connectivity index (χ2v) is 9.48. The standard InChI is InChI=1S/C28H26F3N5O3/c1-2-35-13-11-18(12-14-35)17-3-7-20(8-4-17)33-27-32-15-22-24(37)23(26(38)39)16-36(25(22)34-27)21-9-5-19(6-10-21)28(29,30)31/h3-10,15-16,18H,2,11-14H2,1H3,(H,38,39)(H,32,33,34). The minimum Gasteiger partial charge on any atom is -0.477 e. The average Bonchev–Trinajstić information content (AvgIpc) is 2.93. The van der Waals surface area contributed by atoms with Crippen molar-refractivity contribution in [2.45, 2.75) is 31.9 Å². The topological polar surface area (TPSA) is 100 Å². The van der Waals surface area contributed by atoms with Crippen molar-refractivity contribution in [1.29, 1.82) is 0 Å². The molecule has 0 atom stereocenters. The highest BCUT2D eigenvalue weighted by atomic mass is 19.4. The van der Waals surface area contributed by atoms with E-state index in [1.165, 1.54) is 28.5 Å². The number of aromatic carboxylic acids is 1. The molecule has 2 aromatic heterocycles. The van der Waals surface area contributed by atoms with E-state index in [1.807, 2.05) is 12.1 Å². The number of nitrogens with zero attached hydrogens (tertiary/aromatic N) is 4. The Bertz CT molecular complexity index is 1560. The number of alkyl halides is 3. The van der Waals surface area contributed by atoms with Crippen molar-refractivity contribution in [3.63, 3.8) is 0 Å². The Morgan fingerprint density at radius 2 is 1.74 bits per heavy atom. The van der Waals surface area contributed by atoms with Crippen molar-refractivity contribution in [2.75, 3.05) is 25.0 Å². The van der Waals surface area contributed by atoms with Gasteiger partial charge in [-0.2, -0.15) is 18.2 Å². The predicted octanol–water partition coefficient (Wildman–Crippen LogP) is 5.44. The highest BCUT2D eigenvalue weighted by Gasteiger charge is 2.30. The number of carboxylic acid groups (broad SMARTS) is 1. The molecule has 2 N–H and O–H groups in total. The van der Waals surface area contributed by atoms with E-state index >= 15 is 0 Å². The molecule has 0 spiro atoms. The first-order valence-corrected chi connectivity index (χ1v) is 12.6. The van der Waals surface area contributed by atoms with Crippen LogP contribution in [-0.4, -0.2) is 50.1 Å². The number of rotatable bonds is 6. The van der Waals surface area contributed by atoms with Gasteiger partial charge >= 0.3 is 12.1 Å². The van der Waals surface area contributed by atoms with Crippen LogP contribution in [0.15, 0.2) is 65.7 Å². The lowest BCUT2D eigenvalue weighted by molar-refractivity contribution is -0.137. The second-order valence-electron chi connectivity index (χ2n) is 9.48. The van der Waals surface area contributed by atoms with Crippen LogP contribution < -0.4 is 10.7 Å². The van der Waals surface area contributed by atoms with Crippen LogP contribution in [0.4, 0.5) is 24.8 Å². The van der Waals surface area contributed by atoms with Gasteiger partial charge in [-0.25, -0.2) is 9.78 Å². The Morgan fingerprint density at radius 3 is 2.33 bits per heavy atom. The molecule has 1 saturated heterocycles. The zero-order chi connectivity index (χ0) is 27.7. The first kappa shape index (κ1) is 26.4. The molecule has 1 aliphatic rings. The number of fused-ring (bicyclic) bond motifs is 1. The summed E-state index contributed by atoms with van der Waals surface area (Å²) in [5.41, 5.74) is 0.0482. The monoisotopic (exact) mass is 537 g/mol. The van der Waals surface area contributed by atoms with Gasteiger partial charge in [-0.3, -0.25) is 4.79 Å². The van der Waals surface area contributed by atoms with E-state index in [2.05, 4.69) is 39.2 Å². The Balaban J connectivity index is 1.47. The number of halogens is 3. The van der Waals surface area contributed by atoms with Gasteiger partial charge in [-0.05, 0) is 80.4 Å². The lowest BCUT2D eigenvalue weighted by Crippen LogP contribution is -2.32. The molecule has 39 heavy (non-hydrogen) atoms. The van der Waals surface area contributed by atoms with E-state index in [-0.39, 0.29) is 22.7 Å². The van der Waals surface area contributed by atoms with Crippen LogP contribution in [0.25, 0.3) is 16.7 Å². The Kier molecular flexibility index (Phi) is 7.09. The third kappa shape index (κ3) is 5.49. The van der Waals surface area contributed by atoms with Gasteiger partial charge in [0.2, 0.25) is 11.4 Å². The van der Waals surface area contributed by atoms with Crippen molar-refractivity contribution >= 4 is 28.6 Å². The maximum atomic E-state index is 13.1. The molecule has 0 bridgehead atoms. The summed E-state index contributed by atoms with van der Waals surface area (Å²) >= 11 is 0. The number of carbonyl (C=O) groups is 1. The number of pyridine rings is 1. The lowest BCUT2D eigenvalue weighted by atomic mass is 9.89. The largest absolute Gasteiger partial charge is 0.477 e. The quantitative estimate of drug-likeness (QED) is 0.338. The van der Waals surface area contributed by atoms with Crippen molar-refractivity contribution in [2.24, 2.45) is 0 Å². The number of carboxylic acids is 1. The molecule has 202 valence electrons. The average molecular weight is 538 g/mol. The first-order chi connectivity index (χ1) is 18.6. The van der Waals surface area contributed by atoms with Crippen LogP contribution in [0.5, 0.6) is 0 Å². The van der Waals surface area contributed by atoms with Gasteiger partial charge in [0.1, 0.15) is 5.56 Å². The number of hydrogen-bond acceptors (Lipinski definition) is 6. The molecule has 3 heterocycles. The first-order valence-electron chi connectivity index (χ1n) is 12.6. The molecular weight excluding hydrogens is 511 g/mol. The van der Waals surface area contributed by atoms with Crippen LogP contribution in [0.2, 0.25) is 0 Å². The third-order valence-electron chi connectivity index (χ3n) is 7.12. The van der Waals surface area contributed by atoms with Crippen molar-refractivity contribution in [3.05, 3.63) is 87.8 Å². The highest BCUT2D eigenvalue weighted by Crippen LogP contribution is 2.31. The molecule has 8 nitrogen and oxygen atoms in total. The molecule has 5 rings (SSSR count). The van der Waals surface area contributed by atoms with E-state index in [0.717, 1.165) is 56.5 Å². The fraction of sp³-hybridized carbons (Fsp3) is 0.286. The van der Waals surface area contributed by atoms with Gasteiger partial charge in [0, 0.05) is 23.8 Å². The van der Waals surface area contributed by atoms with Crippen molar-refractivity contribution < 1.29 is 23.1 Å². The van der Waals surface area contributed by atoms with Gasteiger partial charge in [-0.1, -0.05) is 19.1 Å². The van der Waals surface area contributed by atoms with Crippen LogP contribution in [0.1, 0.15) is 47.2 Å². The number of piperidine rings is 1. The zero-order valence-corrected chi connectivity index (χ0v) is 21.1. The van der Waals surface area contributed by atoms with Gasteiger partial charge in [0.15, 0.2) is 5.65 Å². The van der Waals surface area contributed by atoms with Gasteiger partial charge < -0.3 is 19.9 Å². The summed E-state index contributed by atoms with van der Waals surface area (Å²) in [6.07, 6.45) is -0.0403. The molecule has 0 amide bonds. The number of aromatic nitrogens is 3. The van der Waals surface area contributed by atoms with E-state index in [4.69, 9.17) is 0 Å². The molecule has 4 aromatic rings. The third-order valence-corrected chi connectivity index (χ3v) is 7.12. The van der Waals surface area contributed by atoms with Crippen LogP contribution in [-0.2, 0) is 6.18 Å². The predicted molar refractivity (Wildman–Crippen MR) is 141 cm³/mol. The maximum absolute atomic E-state index is 13.1. The number of nitrogens with one attached hydrogen (secondary N) is 1. The molecule has 1 fully saturated rings. The lowest BCUT2D eigenvalue weighted by Gasteiger charge is -2.31. The maximum Gasteiger partial charge on any atom is 0.416 e. The molecule has 2 aromatic carbocycles. The van der Waals surface area contributed by atoms with Crippen LogP contribution in [0, 0.1) is 0 Å². The van der Waals surface area contributed by atoms with Crippen LogP contribution >= 0.6 is 0 Å². The fourth-order valence-electron chi connectivity index (χ4n) is 4.88. The summed E-state index contributed by atoms with van der Waals surface area (Å²) in [6, 6.07) is 12.1. The van der Waals surface area contributed by atoms with Crippen molar-refractivity contribution in [1.82, 2.24) is 19.4 Å². The smallest absolute Gasteiger partial charge is 0.416 e. The molecule has 0 saturated carbocycles. The fourth-order valence-corrected chi connectivity index (χ4v) is 4.88. The van der Waals surface area contributed by atoms with E-state index in [9.17, 15) is 27.9 Å². The normalized spacial score (nSPS) is 15.0. The zero-order valence-electron chi connectivity index (χ0n) is 21.1. The Morgan fingerprint density at radius 1 is 1.08 bits per heavy atom. The summed E-state index contributed by atoms with van der Waals surface area (Å²) in [7, 11) is 0. The van der Waals surface area contributed by atoms with Crippen molar-refractivity contribution in [3.8, 4) is 5.69 Å². The summed E-state index contributed by atoms with van der Waals surface area (Å²) in [6.45, 7) is 5.39. The van der Waals surface area contributed by atoms with Gasteiger partial charge in [0.25, 0.3) is 0 Å². The molecule has 11 heteroatoms. The number of benzene rings is 2. The minimum absolute atomic E-state index is 0.0570.